The Balaban J connectivity index is 4.45. The van der Waals surface area contributed by atoms with Gasteiger partial charge in [-0.3, -0.25) is 0 Å². The first kappa shape index (κ1) is 11.9. The third-order valence-corrected chi connectivity index (χ3v) is 3.03. The molecule has 0 saturated heterocycles. The molecule has 0 radical (unpaired) electrons. The summed E-state index contributed by atoms with van der Waals surface area (Å²) in [6.45, 7) is 6.54. The molecule has 0 saturated carbocycles. The Labute approximate surface area is 78.0 Å². The average molecular weight is 204 g/mol. The van der Waals surface area contributed by atoms with Crippen molar-refractivity contribution in [2.75, 3.05) is 14.2 Å². The fourth-order valence-electron chi connectivity index (χ4n) is 0.554. The molecule has 0 aromatic heterocycles. The van der Waals surface area contributed by atoms with Crippen LogP contribution in [0.2, 0.25) is 0 Å². The van der Waals surface area contributed by atoms with E-state index in [1.54, 1.807) is 0 Å². The standard InChI is InChI=1S/C7H12O5Si/c1-5-7(8)12-13(9-3,10-4)11-6-2/h5-6H,1-2H2,3-4H3. The topological polar surface area (TPSA) is 54.0 Å². The van der Waals surface area contributed by atoms with Crippen LogP contribution in [0.4, 0.5) is 0 Å². The molecule has 0 N–H and O–H groups in total. The molecule has 0 fully saturated rings. The van der Waals surface area contributed by atoms with Crippen LogP contribution < -0.4 is 0 Å². The molecule has 0 heterocycles. The van der Waals surface area contributed by atoms with Crippen LogP contribution in [0.1, 0.15) is 0 Å². The van der Waals surface area contributed by atoms with E-state index >= 15 is 0 Å². The van der Waals surface area contributed by atoms with Gasteiger partial charge in [-0.1, -0.05) is 13.2 Å². The van der Waals surface area contributed by atoms with E-state index in [4.69, 9.17) is 17.7 Å². The predicted molar refractivity (Wildman–Crippen MR) is 47.3 cm³/mol. The van der Waals surface area contributed by atoms with E-state index in [-0.39, 0.29) is 0 Å². The summed E-state index contributed by atoms with van der Waals surface area (Å²) in [6.07, 6.45) is 2.09. The van der Waals surface area contributed by atoms with Gasteiger partial charge in [0.2, 0.25) is 0 Å². The van der Waals surface area contributed by atoms with E-state index in [1.807, 2.05) is 0 Å². The minimum atomic E-state index is -3.37. The zero-order valence-corrected chi connectivity index (χ0v) is 8.61. The van der Waals surface area contributed by atoms with Crippen LogP contribution in [0.3, 0.4) is 0 Å². The minimum Gasteiger partial charge on any atom is -0.478 e. The van der Waals surface area contributed by atoms with E-state index < -0.39 is 15.0 Å². The molecule has 0 atom stereocenters. The Morgan fingerprint density at radius 1 is 1.31 bits per heavy atom. The maximum Gasteiger partial charge on any atom is 0.822 e. The Bertz CT molecular complexity index is 199. The Hall–Kier alpha value is -1.11. The Kier molecular flexibility index (Phi) is 5.05. The average Bonchev–Trinajstić information content (AvgIpc) is 2.17. The maximum atomic E-state index is 10.8. The molecule has 0 rings (SSSR count). The van der Waals surface area contributed by atoms with Gasteiger partial charge in [0, 0.05) is 20.3 Å². The molecule has 0 spiro atoms. The number of hydrogen-bond donors (Lipinski definition) is 0. The van der Waals surface area contributed by atoms with Crippen molar-refractivity contribution in [1.29, 1.82) is 0 Å². The van der Waals surface area contributed by atoms with Gasteiger partial charge in [-0.05, 0) is 0 Å². The van der Waals surface area contributed by atoms with Crippen LogP contribution in [-0.2, 0) is 22.5 Å². The summed E-state index contributed by atoms with van der Waals surface area (Å²) in [5.74, 6) is -0.669. The van der Waals surface area contributed by atoms with Crippen molar-refractivity contribution in [1.82, 2.24) is 0 Å². The highest BCUT2D eigenvalue weighted by molar-refractivity contribution is 6.55. The van der Waals surface area contributed by atoms with Crippen molar-refractivity contribution in [2.45, 2.75) is 0 Å². The molecule has 0 bridgehead atoms. The van der Waals surface area contributed by atoms with Crippen LogP contribution in [0.5, 0.6) is 0 Å². The first-order valence-electron chi connectivity index (χ1n) is 3.38. The minimum absolute atomic E-state index is 0.669. The second-order valence-corrected chi connectivity index (χ2v) is 4.07. The largest absolute Gasteiger partial charge is 0.822 e. The summed E-state index contributed by atoms with van der Waals surface area (Å²) in [7, 11) is -0.736. The summed E-state index contributed by atoms with van der Waals surface area (Å²) in [5.41, 5.74) is 0. The Morgan fingerprint density at radius 2 is 1.85 bits per heavy atom. The normalized spacial score (nSPS) is 10.3. The summed E-state index contributed by atoms with van der Waals surface area (Å²) in [4.78, 5) is 10.8. The number of carbonyl (C=O) groups excluding carboxylic acids is 1. The quantitative estimate of drug-likeness (QED) is 0.360. The van der Waals surface area contributed by atoms with Gasteiger partial charge < -0.3 is 17.7 Å². The zero-order chi connectivity index (χ0) is 10.3. The van der Waals surface area contributed by atoms with Crippen molar-refractivity contribution in [3.8, 4) is 0 Å². The van der Waals surface area contributed by atoms with Crippen molar-refractivity contribution >= 4 is 15.0 Å². The molecule has 0 unspecified atom stereocenters. The van der Waals surface area contributed by atoms with Gasteiger partial charge in [-0.2, -0.15) is 0 Å². The molecule has 0 amide bonds. The van der Waals surface area contributed by atoms with Gasteiger partial charge in [-0.25, -0.2) is 4.79 Å². The lowest BCUT2D eigenvalue weighted by Crippen LogP contribution is -2.47. The molecule has 6 heteroatoms. The molecule has 0 aromatic rings. The highest BCUT2D eigenvalue weighted by Crippen LogP contribution is 2.09. The fourth-order valence-corrected chi connectivity index (χ4v) is 1.66. The van der Waals surface area contributed by atoms with Crippen molar-refractivity contribution in [3.63, 3.8) is 0 Å². The van der Waals surface area contributed by atoms with E-state index in [2.05, 4.69) is 13.2 Å². The lowest BCUT2D eigenvalue weighted by molar-refractivity contribution is -0.136. The van der Waals surface area contributed by atoms with E-state index in [0.29, 0.717) is 0 Å². The monoisotopic (exact) mass is 204 g/mol. The molecule has 5 nitrogen and oxygen atoms in total. The zero-order valence-electron chi connectivity index (χ0n) is 7.61. The lowest BCUT2D eigenvalue weighted by Gasteiger charge is -2.21. The summed E-state index contributed by atoms with van der Waals surface area (Å²) in [5, 5.41) is 0. The van der Waals surface area contributed by atoms with E-state index in [0.717, 1.165) is 12.3 Å². The third-order valence-electron chi connectivity index (χ3n) is 1.12. The van der Waals surface area contributed by atoms with Gasteiger partial charge in [0.25, 0.3) is 0 Å². The van der Waals surface area contributed by atoms with Gasteiger partial charge in [0.15, 0.2) is 0 Å². The number of carbonyl (C=O) groups is 1. The third kappa shape index (κ3) is 3.41. The number of hydrogen-bond acceptors (Lipinski definition) is 5. The second-order valence-electron chi connectivity index (χ2n) is 1.82. The highest BCUT2D eigenvalue weighted by atomic mass is 28.4. The lowest BCUT2D eigenvalue weighted by atomic mass is 10.7. The molecule has 0 aliphatic rings. The molecule has 0 aliphatic carbocycles. The van der Waals surface area contributed by atoms with E-state index in [9.17, 15) is 4.79 Å². The van der Waals surface area contributed by atoms with E-state index in [1.165, 1.54) is 14.2 Å². The Morgan fingerprint density at radius 3 is 2.15 bits per heavy atom. The fraction of sp³-hybridized carbons (Fsp3) is 0.286. The first-order chi connectivity index (χ1) is 6.14. The van der Waals surface area contributed by atoms with Crippen molar-refractivity contribution in [2.24, 2.45) is 0 Å². The highest BCUT2D eigenvalue weighted by Gasteiger charge is 2.49. The molecule has 74 valence electrons. The predicted octanol–water partition coefficient (Wildman–Crippen LogP) is 0.604. The number of rotatable bonds is 6. The molecule has 0 aliphatic heterocycles. The summed E-state index contributed by atoms with van der Waals surface area (Å²) >= 11 is 0. The van der Waals surface area contributed by atoms with Gasteiger partial charge in [-0.15, -0.1) is 0 Å². The van der Waals surface area contributed by atoms with Gasteiger partial charge in [0.05, 0.1) is 6.26 Å². The van der Waals surface area contributed by atoms with Gasteiger partial charge >= 0.3 is 15.0 Å². The summed E-state index contributed by atoms with van der Waals surface area (Å²) in [6, 6.07) is 0. The smallest absolute Gasteiger partial charge is 0.478 e. The van der Waals surface area contributed by atoms with Crippen LogP contribution in [-0.4, -0.2) is 29.2 Å². The van der Waals surface area contributed by atoms with Crippen LogP contribution in [0.25, 0.3) is 0 Å². The van der Waals surface area contributed by atoms with Gasteiger partial charge in [0.1, 0.15) is 0 Å². The molecule has 0 aromatic carbocycles. The first-order valence-corrected chi connectivity index (χ1v) is 5.02. The molecular formula is C7H12O5Si. The van der Waals surface area contributed by atoms with Crippen molar-refractivity contribution in [3.05, 3.63) is 25.5 Å². The summed E-state index contributed by atoms with van der Waals surface area (Å²) < 4.78 is 19.3. The maximum absolute atomic E-state index is 10.8. The van der Waals surface area contributed by atoms with Crippen LogP contribution >= 0.6 is 0 Å². The van der Waals surface area contributed by atoms with Crippen LogP contribution in [0.15, 0.2) is 25.5 Å². The second kappa shape index (κ2) is 5.52. The molecule has 13 heavy (non-hydrogen) atoms. The van der Waals surface area contributed by atoms with Crippen LogP contribution in [0, 0.1) is 0 Å². The van der Waals surface area contributed by atoms with Crippen molar-refractivity contribution < 1.29 is 22.5 Å². The SMILES string of the molecule is C=CO[Si](OC)(OC)OC(=O)C=C. The molecular weight excluding hydrogens is 192 g/mol.